The predicted octanol–water partition coefficient (Wildman–Crippen LogP) is 8.03. The Labute approximate surface area is 163 Å². The van der Waals surface area contributed by atoms with Gasteiger partial charge in [-0.05, 0) is 12.8 Å². The van der Waals surface area contributed by atoms with E-state index in [2.05, 4.69) is 0 Å². The fourth-order valence-electron chi connectivity index (χ4n) is 2.37. The normalized spacial score (nSPS) is 17.1. The first-order chi connectivity index (χ1) is 11.8. The molecule has 27 heavy (non-hydrogen) atoms. The average molecular weight is 536 g/mol. The molecule has 0 N–H and O–H groups in total. The zero-order valence-electron chi connectivity index (χ0n) is 14.5. The van der Waals surface area contributed by atoms with Crippen molar-refractivity contribution in [3.05, 3.63) is 0 Å². The third-order valence-corrected chi connectivity index (χ3v) is 5.94. The van der Waals surface area contributed by atoms with Gasteiger partial charge in [-0.3, -0.25) is 0 Å². The molecule has 0 amide bonds. The maximum Gasteiger partial charge on any atom is 0.460 e. The van der Waals surface area contributed by atoms with Gasteiger partial charge in [0.2, 0.25) is 0 Å². The van der Waals surface area contributed by atoms with E-state index in [1.807, 2.05) is 6.92 Å². The minimum atomic E-state index is -7.33. The van der Waals surface area contributed by atoms with E-state index in [9.17, 15) is 48.3 Å². The predicted molar refractivity (Wildman–Crippen MR) is 86.3 cm³/mol. The Bertz CT molecular complexity index is 473. The highest BCUT2D eigenvalue weighted by Gasteiger charge is 2.87. The number of alkyl halides is 12. The van der Waals surface area contributed by atoms with E-state index in [-0.39, 0.29) is 12.8 Å². The second kappa shape index (κ2) is 8.76. The fraction of sp³-hybridized carbons (Fsp3) is 1.00. The zero-order chi connectivity index (χ0) is 21.9. The van der Waals surface area contributed by atoms with Gasteiger partial charge in [0.15, 0.2) is 0 Å². The summed E-state index contributed by atoms with van der Waals surface area (Å²) < 4.78 is 142. The molecule has 0 saturated carbocycles. The molecule has 0 bridgehead atoms. The van der Waals surface area contributed by atoms with Gasteiger partial charge in [0.05, 0.1) is 0 Å². The monoisotopic (exact) mass is 536 g/mol. The molecule has 0 radical (unpaired) electrons. The van der Waals surface area contributed by atoms with Crippen LogP contribution in [0.3, 0.4) is 0 Å². The van der Waals surface area contributed by atoms with Crippen LogP contribution >= 0.6 is 22.6 Å². The summed E-state index contributed by atoms with van der Waals surface area (Å²) in [6.45, 7) is 3.15. The van der Waals surface area contributed by atoms with Gasteiger partial charge in [-0.1, -0.05) is 62.1 Å². The van der Waals surface area contributed by atoms with E-state index < -0.39 is 39.7 Å². The lowest BCUT2D eigenvalue weighted by Gasteiger charge is -2.40. The van der Waals surface area contributed by atoms with Gasteiger partial charge < -0.3 is 0 Å². The van der Waals surface area contributed by atoms with Crippen LogP contribution in [0.25, 0.3) is 0 Å². The van der Waals surface area contributed by atoms with Crippen LogP contribution in [-0.4, -0.2) is 33.3 Å². The van der Waals surface area contributed by atoms with Crippen molar-refractivity contribution in [1.82, 2.24) is 0 Å². The molecule has 1 unspecified atom stereocenters. The van der Waals surface area contributed by atoms with Crippen LogP contribution in [-0.2, 0) is 0 Å². The van der Waals surface area contributed by atoms with Crippen molar-refractivity contribution in [2.45, 2.75) is 92.1 Å². The number of rotatable bonds is 11. The quantitative estimate of drug-likeness (QED) is 0.109. The summed E-state index contributed by atoms with van der Waals surface area (Å²) in [5.41, 5.74) is 0. The van der Waals surface area contributed by atoms with Crippen molar-refractivity contribution in [3.63, 3.8) is 0 Å². The molecule has 0 nitrogen and oxygen atoms in total. The third-order valence-electron chi connectivity index (χ3n) is 4.25. The summed E-state index contributed by atoms with van der Waals surface area (Å²) in [7, 11) is 0. The average Bonchev–Trinajstić information content (AvgIpc) is 2.49. The first-order valence-corrected chi connectivity index (χ1v) is 9.17. The molecule has 0 rings (SSSR count). The first-order valence-electron chi connectivity index (χ1n) is 8.10. The van der Waals surface area contributed by atoms with Gasteiger partial charge in [0.25, 0.3) is 0 Å². The Balaban J connectivity index is 5.69. The molecule has 1 atom stereocenters. The Morgan fingerprint density at radius 2 is 1.11 bits per heavy atom. The van der Waals surface area contributed by atoms with Crippen LogP contribution in [0.15, 0.2) is 0 Å². The number of hydrogen-bond donors (Lipinski definition) is 0. The SMILES string of the molecule is CCCCCCC(I)(CC)CC(F)(F)C(F)(F)C(F)(F)C(F)(F)C(F)(F)F. The van der Waals surface area contributed by atoms with Gasteiger partial charge in [-0.25, -0.2) is 0 Å². The van der Waals surface area contributed by atoms with Crippen LogP contribution in [0.1, 0.15) is 58.8 Å². The van der Waals surface area contributed by atoms with Crippen molar-refractivity contribution >= 4 is 22.6 Å². The Kier molecular flexibility index (Phi) is 8.75. The summed E-state index contributed by atoms with van der Waals surface area (Å²) in [5, 5.41) is 0. The maximum atomic E-state index is 13.9. The smallest absolute Gasteiger partial charge is 0.200 e. The summed E-state index contributed by atoms with van der Waals surface area (Å²) in [6.07, 6.45) is -7.05. The van der Waals surface area contributed by atoms with E-state index in [4.69, 9.17) is 0 Å². The number of halogens is 12. The molecule has 0 aromatic heterocycles. The minimum absolute atomic E-state index is 0.100. The van der Waals surface area contributed by atoms with Gasteiger partial charge >= 0.3 is 29.9 Å². The second-order valence-corrected chi connectivity index (χ2v) is 8.71. The highest BCUT2D eigenvalue weighted by atomic mass is 127. The molecule has 0 aliphatic rings. The molecule has 0 aliphatic carbocycles. The molecule has 12 heteroatoms. The lowest BCUT2D eigenvalue weighted by molar-refractivity contribution is -0.422. The summed E-state index contributed by atoms with van der Waals surface area (Å²) in [6, 6.07) is 0. The molecule has 0 spiro atoms. The molecular formula is C15H20F11I. The van der Waals surface area contributed by atoms with E-state index in [0.717, 1.165) is 6.42 Å². The number of unbranched alkanes of at least 4 members (excludes halogenated alkanes) is 3. The molecule has 0 heterocycles. The van der Waals surface area contributed by atoms with Gasteiger partial charge in [-0.15, -0.1) is 0 Å². The van der Waals surface area contributed by atoms with E-state index in [0.29, 0.717) is 19.3 Å². The van der Waals surface area contributed by atoms with E-state index in [1.165, 1.54) is 29.5 Å². The standard InChI is InChI=1S/C15H20F11I/c1-3-5-6-7-8-10(27,4-2)9-11(16,17)12(18,19)13(20,21)14(22,23)15(24,25)26/h3-9H2,1-2H3. The van der Waals surface area contributed by atoms with E-state index in [1.54, 1.807) is 0 Å². The Morgan fingerprint density at radius 3 is 1.48 bits per heavy atom. The minimum Gasteiger partial charge on any atom is -0.200 e. The van der Waals surface area contributed by atoms with Crippen molar-refractivity contribution in [2.24, 2.45) is 0 Å². The summed E-state index contributed by atoms with van der Waals surface area (Å²) >= 11 is 1.35. The summed E-state index contributed by atoms with van der Waals surface area (Å²) in [4.78, 5) is 0. The van der Waals surface area contributed by atoms with Crippen LogP contribution < -0.4 is 0 Å². The topological polar surface area (TPSA) is 0 Å². The fourth-order valence-corrected chi connectivity index (χ4v) is 3.23. The maximum absolute atomic E-state index is 13.9. The molecule has 0 saturated heterocycles. The molecular weight excluding hydrogens is 516 g/mol. The molecule has 0 aliphatic heterocycles. The lowest BCUT2D eigenvalue weighted by Crippen LogP contribution is -2.67. The van der Waals surface area contributed by atoms with Gasteiger partial charge in [0, 0.05) is 9.84 Å². The van der Waals surface area contributed by atoms with Crippen molar-refractivity contribution in [3.8, 4) is 0 Å². The molecule has 0 aromatic carbocycles. The van der Waals surface area contributed by atoms with E-state index >= 15 is 0 Å². The van der Waals surface area contributed by atoms with Crippen molar-refractivity contribution < 1.29 is 48.3 Å². The molecule has 0 fully saturated rings. The van der Waals surface area contributed by atoms with Gasteiger partial charge in [0.1, 0.15) is 0 Å². The van der Waals surface area contributed by atoms with Gasteiger partial charge in [-0.2, -0.15) is 48.3 Å². The lowest BCUT2D eigenvalue weighted by atomic mass is 9.87. The number of hydrogen-bond acceptors (Lipinski definition) is 0. The van der Waals surface area contributed by atoms with Crippen LogP contribution in [0, 0.1) is 0 Å². The molecule has 164 valence electrons. The highest BCUT2D eigenvalue weighted by molar-refractivity contribution is 14.1. The largest absolute Gasteiger partial charge is 0.460 e. The first kappa shape index (κ1) is 27.0. The van der Waals surface area contributed by atoms with Crippen molar-refractivity contribution in [1.29, 1.82) is 0 Å². The van der Waals surface area contributed by atoms with Crippen LogP contribution in [0.5, 0.6) is 0 Å². The second-order valence-electron chi connectivity index (χ2n) is 6.42. The van der Waals surface area contributed by atoms with Crippen LogP contribution in [0.4, 0.5) is 48.3 Å². The third kappa shape index (κ3) is 5.52. The summed E-state index contributed by atoms with van der Waals surface area (Å²) in [5.74, 6) is -27.3. The Hall–Kier alpha value is -0.0400. The zero-order valence-corrected chi connectivity index (χ0v) is 16.6. The highest BCUT2D eigenvalue weighted by Crippen LogP contribution is 2.59. The van der Waals surface area contributed by atoms with Crippen LogP contribution in [0.2, 0.25) is 0 Å². The van der Waals surface area contributed by atoms with Crippen molar-refractivity contribution in [2.75, 3.05) is 0 Å². The Morgan fingerprint density at radius 1 is 0.630 bits per heavy atom. The molecule has 0 aromatic rings.